The van der Waals surface area contributed by atoms with Gasteiger partial charge in [-0.05, 0) is 34.1 Å². The van der Waals surface area contributed by atoms with Crippen molar-refractivity contribution < 1.29 is 4.42 Å². The van der Waals surface area contributed by atoms with Crippen LogP contribution in [-0.2, 0) is 0 Å². The number of halogens is 2. The standard InChI is InChI=1S/C10H4Br2N2O/c11-7-2-5-1-6(4-13)10(14)15-9(5)8(12)3-7/h1-3,14H. The van der Waals surface area contributed by atoms with Crippen molar-refractivity contribution in [1.82, 2.24) is 0 Å². The van der Waals surface area contributed by atoms with Gasteiger partial charge in [0.25, 0.3) is 0 Å². The molecule has 0 amide bonds. The molecule has 1 heterocycles. The number of nitriles is 1. The lowest BCUT2D eigenvalue weighted by Crippen LogP contribution is -2.03. The molecule has 0 aliphatic rings. The predicted octanol–water partition coefficient (Wildman–Crippen LogP) is 3.31. The molecule has 15 heavy (non-hydrogen) atoms. The number of benzene rings is 1. The van der Waals surface area contributed by atoms with Gasteiger partial charge in [0.2, 0.25) is 5.55 Å². The van der Waals surface area contributed by atoms with E-state index in [1.807, 2.05) is 18.2 Å². The second-order valence-electron chi connectivity index (χ2n) is 2.91. The summed E-state index contributed by atoms with van der Waals surface area (Å²) in [7, 11) is 0. The molecule has 5 heteroatoms. The summed E-state index contributed by atoms with van der Waals surface area (Å²) < 4.78 is 6.89. The van der Waals surface area contributed by atoms with Crippen molar-refractivity contribution in [3.8, 4) is 6.07 Å². The smallest absolute Gasteiger partial charge is 0.229 e. The predicted molar refractivity (Wildman–Crippen MR) is 62.2 cm³/mol. The molecule has 0 aliphatic carbocycles. The van der Waals surface area contributed by atoms with Crippen molar-refractivity contribution in [3.63, 3.8) is 0 Å². The van der Waals surface area contributed by atoms with Crippen LogP contribution in [0.15, 0.2) is 31.6 Å². The Hall–Kier alpha value is -1.12. The van der Waals surface area contributed by atoms with Gasteiger partial charge >= 0.3 is 0 Å². The number of nitrogens with zero attached hydrogens (tertiary/aromatic N) is 1. The Kier molecular flexibility index (Phi) is 2.63. The molecule has 2 aromatic rings. The molecule has 1 N–H and O–H groups in total. The number of fused-ring (bicyclic) bond motifs is 1. The molecule has 3 nitrogen and oxygen atoms in total. The molecule has 74 valence electrons. The first-order chi connectivity index (χ1) is 7.11. The van der Waals surface area contributed by atoms with E-state index in [2.05, 4.69) is 31.9 Å². The van der Waals surface area contributed by atoms with E-state index in [1.165, 1.54) is 0 Å². The first kappa shape index (κ1) is 10.4. The molecule has 2 rings (SSSR count). The molecule has 0 saturated heterocycles. The molecule has 0 saturated carbocycles. The van der Waals surface area contributed by atoms with Crippen molar-refractivity contribution in [2.24, 2.45) is 0 Å². The zero-order valence-corrected chi connectivity index (χ0v) is 10.5. The van der Waals surface area contributed by atoms with Crippen LogP contribution in [0.1, 0.15) is 5.56 Å². The number of nitrogens with one attached hydrogen (secondary N) is 1. The summed E-state index contributed by atoms with van der Waals surface area (Å²) in [5.41, 5.74) is 0.683. The van der Waals surface area contributed by atoms with E-state index in [0.717, 1.165) is 14.3 Å². The molecule has 0 fully saturated rings. The fourth-order valence-corrected chi connectivity index (χ4v) is 2.60. The summed E-state index contributed by atoms with van der Waals surface area (Å²) in [5.74, 6) is 0. The minimum Gasteiger partial charge on any atom is -0.436 e. The molecular weight excluding hydrogens is 324 g/mol. The van der Waals surface area contributed by atoms with E-state index in [4.69, 9.17) is 15.1 Å². The van der Waals surface area contributed by atoms with Gasteiger partial charge in [-0.3, -0.25) is 5.41 Å². The van der Waals surface area contributed by atoms with E-state index in [-0.39, 0.29) is 11.1 Å². The summed E-state index contributed by atoms with van der Waals surface area (Å²) in [6.45, 7) is 0. The van der Waals surface area contributed by atoms with E-state index < -0.39 is 0 Å². The van der Waals surface area contributed by atoms with Crippen LogP contribution in [0.2, 0.25) is 0 Å². The highest BCUT2D eigenvalue weighted by Gasteiger charge is 2.06. The lowest BCUT2D eigenvalue weighted by molar-refractivity contribution is 0.529. The molecule has 0 spiro atoms. The monoisotopic (exact) mass is 326 g/mol. The third kappa shape index (κ3) is 1.83. The second kappa shape index (κ2) is 3.80. The molecule has 1 aromatic heterocycles. The average molecular weight is 328 g/mol. The highest BCUT2D eigenvalue weighted by molar-refractivity contribution is 9.11. The van der Waals surface area contributed by atoms with Crippen LogP contribution in [0.3, 0.4) is 0 Å². The third-order valence-electron chi connectivity index (χ3n) is 1.91. The maximum atomic E-state index is 8.76. The molecule has 0 unspecified atom stereocenters. The van der Waals surface area contributed by atoms with E-state index in [9.17, 15) is 0 Å². The van der Waals surface area contributed by atoms with Gasteiger partial charge in [-0.2, -0.15) is 5.26 Å². The molecule has 1 aromatic carbocycles. The number of hydrogen-bond donors (Lipinski definition) is 1. The minimum absolute atomic E-state index is 0.118. The lowest BCUT2D eigenvalue weighted by Gasteiger charge is -2.01. The van der Waals surface area contributed by atoms with Crippen molar-refractivity contribution >= 4 is 42.8 Å². The molecule has 0 bridgehead atoms. The van der Waals surface area contributed by atoms with Crippen LogP contribution >= 0.6 is 31.9 Å². The largest absolute Gasteiger partial charge is 0.436 e. The molecular formula is C10H4Br2N2O. The molecule has 0 aliphatic heterocycles. The van der Waals surface area contributed by atoms with Crippen LogP contribution in [0.25, 0.3) is 11.0 Å². The maximum absolute atomic E-state index is 8.76. The van der Waals surface area contributed by atoms with Crippen molar-refractivity contribution in [1.29, 1.82) is 10.7 Å². The number of hydrogen-bond acceptors (Lipinski definition) is 3. The normalized spacial score (nSPS) is 10.2. The summed E-state index contributed by atoms with van der Waals surface area (Å²) in [6.07, 6.45) is 0. The van der Waals surface area contributed by atoms with Crippen LogP contribution < -0.4 is 5.55 Å². The van der Waals surface area contributed by atoms with Gasteiger partial charge in [-0.15, -0.1) is 0 Å². The van der Waals surface area contributed by atoms with Crippen molar-refractivity contribution in [2.45, 2.75) is 0 Å². The van der Waals surface area contributed by atoms with Gasteiger partial charge in [0, 0.05) is 9.86 Å². The maximum Gasteiger partial charge on any atom is 0.229 e. The van der Waals surface area contributed by atoms with E-state index >= 15 is 0 Å². The van der Waals surface area contributed by atoms with Crippen LogP contribution in [0, 0.1) is 16.7 Å². The summed E-state index contributed by atoms with van der Waals surface area (Å²) in [5, 5.41) is 17.0. The van der Waals surface area contributed by atoms with Gasteiger partial charge in [-0.25, -0.2) is 0 Å². The van der Waals surface area contributed by atoms with Gasteiger partial charge in [0.15, 0.2) is 5.58 Å². The van der Waals surface area contributed by atoms with E-state index in [1.54, 1.807) is 6.07 Å². The first-order valence-electron chi connectivity index (χ1n) is 3.99. The Morgan fingerprint density at radius 3 is 2.67 bits per heavy atom. The number of rotatable bonds is 0. The first-order valence-corrected chi connectivity index (χ1v) is 5.58. The van der Waals surface area contributed by atoms with Crippen LogP contribution in [0.4, 0.5) is 0 Å². The quantitative estimate of drug-likeness (QED) is 0.807. The van der Waals surface area contributed by atoms with Crippen molar-refractivity contribution in [3.05, 3.63) is 38.3 Å². The highest BCUT2D eigenvalue weighted by Crippen LogP contribution is 2.27. The zero-order chi connectivity index (χ0) is 11.0. The molecule has 0 radical (unpaired) electrons. The van der Waals surface area contributed by atoms with E-state index in [0.29, 0.717) is 5.58 Å². The Morgan fingerprint density at radius 1 is 1.27 bits per heavy atom. The fraction of sp³-hybridized carbons (Fsp3) is 0. The van der Waals surface area contributed by atoms with Gasteiger partial charge < -0.3 is 4.42 Å². The van der Waals surface area contributed by atoms with Crippen molar-refractivity contribution in [2.75, 3.05) is 0 Å². The van der Waals surface area contributed by atoms with Crippen LogP contribution in [-0.4, -0.2) is 0 Å². The average Bonchev–Trinajstić information content (AvgIpc) is 2.18. The topological polar surface area (TPSA) is 60.8 Å². The molecule has 0 atom stereocenters. The Morgan fingerprint density at radius 2 is 2.00 bits per heavy atom. The fourth-order valence-electron chi connectivity index (χ4n) is 1.26. The summed E-state index contributed by atoms with van der Waals surface area (Å²) in [6, 6.07) is 7.22. The Balaban J connectivity index is 2.95. The van der Waals surface area contributed by atoms with Gasteiger partial charge in [-0.1, -0.05) is 15.9 Å². The Bertz CT molecular complexity index is 640. The van der Waals surface area contributed by atoms with Gasteiger partial charge in [0.1, 0.15) is 11.6 Å². The second-order valence-corrected chi connectivity index (χ2v) is 4.68. The SMILES string of the molecule is N#Cc1cc2cc(Br)cc(Br)c2oc1=N. The Labute approximate surface area is 102 Å². The highest BCUT2D eigenvalue weighted by atomic mass is 79.9. The van der Waals surface area contributed by atoms with Crippen LogP contribution in [0.5, 0.6) is 0 Å². The minimum atomic E-state index is -0.118. The summed E-state index contributed by atoms with van der Waals surface area (Å²) in [4.78, 5) is 0. The third-order valence-corrected chi connectivity index (χ3v) is 2.95. The summed E-state index contributed by atoms with van der Waals surface area (Å²) >= 11 is 6.69. The zero-order valence-electron chi connectivity index (χ0n) is 7.34. The van der Waals surface area contributed by atoms with Gasteiger partial charge in [0.05, 0.1) is 4.47 Å². The lowest BCUT2D eigenvalue weighted by atomic mass is 10.2.